The molecule has 0 atom stereocenters. The van der Waals surface area contributed by atoms with Crippen LogP contribution in [0.15, 0.2) is 18.2 Å². The average Bonchev–Trinajstić information content (AvgIpc) is 2.33. The number of nitrogens with zero attached hydrogens (tertiary/aromatic N) is 2. The number of benzene rings is 1. The first-order valence-electron chi connectivity index (χ1n) is 3.05. The van der Waals surface area contributed by atoms with Gasteiger partial charge in [-0.15, -0.1) is 0 Å². The maximum atomic E-state index is 4.26. The van der Waals surface area contributed by atoms with E-state index in [1.807, 2.05) is 6.07 Å². The van der Waals surface area contributed by atoms with Gasteiger partial charge in [0.1, 0.15) is 0 Å². The second kappa shape index (κ2) is 2.18. The van der Waals surface area contributed by atoms with Crippen LogP contribution in [0.5, 0.6) is 0 Å². The zero-order valence-corrected chi connectivity index (χ0v) is 7.25. The van der Waals surface area contributed by atoms with Gasteiger partial charge < -0.3 is 0 Å². The van der Waals surface area contributed by atoms with Crippen LogP contribution in [-0.2, 0) is 0 Å². The molecular weight excluding hydrogens is 191 g/mol. The second-order valence-electron chi connectivity index (χ2n) is 2.26. The van der Waals surface area contributed by atoms with Crippen LogP contribution < -0.4 is 0 Å². The van der Waals surface area contributed by atoms with E-state index in [0.29, 0.717) is 0 Å². The van der Waals surface area contributed by atoms with Crippen molar-refractivity contribution in [3.05, 3.63) is 23.8 Å². The molecule has 0 aliphatic rings. The minimum absolute atomic E-state index is 0.121. The van der Waals surface area contributed by atoms with E-state index in [0.717, 1.165) is 11.0 Å². The first-order chi connectivity index (χ1) is 4.86. The summed E-state index contributed by atoms with van der Waals surface area (Å²) < 4.78 is 8.49. The van der Waals surface area contributed by atoms with Crippen molar-refractivity contribution in [2.24, 2.45) is 0 Å². The Hall–Kier alpha value is -0.661. The van der Waals surface area contributed by atoms with Crippen molar-refractivity contribution in [3.63, 3.8) is 0 Å². The number of aromatic nitrogens is 2. The summed E-state index contributed by atoms with van der Waals surface area (Å²) in [5.41, 5.74) is 3.39. The third-order valence-electron chi connectivity index (χ3n) is 1.41. The Bertz CT molecular complexity index is 353. The average molecular weight is 197 g/mol. The number of fused-ring (bicyclic) bond motifs is 1. The Morgan fingerprint density at radius 1 is 1.20 bits per heavy atom. The fourth-order valence-corrected chi connectivity index (χ4v) is 1.98. The summed E-state index contributed by atoms with van der Waals surface area (Å²) >= 11 is 0.121. The van der Waals surface area contributed by atoms with E-state index in [1.165, 1.54) is 5.56 Å². The molecule has 1 heterocycles. The van der Waals surface area contributed by atoms with Crippen molar-refractivity contribution >= 4 is 26.0 Å². The van der Waals surface area contributed by atoms with Gasteiger partial charge in [-0.05, 0) is 0 Å². The molecular formula is C7H6N2Se. The van der Waals surface area contributed by atoms with Gasteiger partial charge in [0.15, 0.2) is 0 Å². The molecule has 0 bridgehead atoms. The van der Waals surface area contributed by atoms with Crippen LogP contribution in [0.3, 0.4) is 0 Å². The van der Waals surface area contributed by atoms with E-state index >= 15 is 0 Å². The molecule has 50 valence electrons. The van der Waals surface area contributed by atoms with Crippen LogP contribution in [0.25, 0.3) is 11.0 Å². The van der Waals surface area contributed by atoms with Crippen molar-refractivity contribution < 1.29 is 0 Å². The standard InChI is InChI=1S/C7H6N2Se/c1-5-2-3-6-7(4-5)9-10-8-6/h2-4H,1H3. The molecule has 0 N–H and O–H groups in total. The van der Waals surface area contributed by atoms with Crippen LogP contribution in [0.2, 0.25) is 0 Å². The van der Waals surface area contributed by atoms with E-state index in [-0.39, 0.29) is 15.0 Å². The third kappa shape index (κ3) is 0.877. The number of hydrogen-bond donors (Lipinski definition) is 0. The molecule has 0 amide bonds. The third-order valence-corrected chi connectivity index (χ3v) is 2.58. The van der Waals surface area contributed by atoms with Crippen molar-refractivity contribution in [1.29, 1.82) is 0 Å². The first kappa shape index (κ1) is 6.08. The van der Waals surface area contributed by atoms with Gasteiger partial charge in [-0.25, -0.2) is 0 Å². The van der Waals surface area contributed by atoms with Crippen LogP contribution in [0, 0.1) is 6.92 Å². The Balaban J connectivity index is 2.86. The van der Waals surface area contributed by atoms with Crippen molar-refractivity contribution in [1.82, 2.24) is 7.96 Å². The molecule has 0 aliphatic carbocycles. The van der Waals surface area contributed by atoms with Crippen molar-refractivity contribution in [2.45, 2.75) is 6.92 Å². The molecule has 0 unspecified atom stereocenters. The second-order valence-corrected chi connectivity index (χ2v) is 3.37. The monoisotopic (exact) mass is 198 g/mol. The summed E-state index contributed by atoms with van der Waals surface area (Å²) in [6.07, 6.45) is 0. The van der Waals surface area contributed by atoms with E-state index in [4.69, 9.17) is 0 Å². The quantitative estimate of drug-likeness (QED) is 0.588. The zero-order chi connectivity index (χ0) is 6.97. The first-order valence-corrected chi connectivity index (χ1v) is 4.58. The maximum absolute atomic E-state index is 4.26. The molecule has 0 radical (unpaired) electrons. The summed E-state index contributed by atoms with van der Waals surface area (Å²) in [5.74, 6) is 0. The van der Waals surface area contributed by atoms with Gasteiger partial charge in [-0.3, -0.25) is 0 Å². The SMILES string of the molecule is Cc1ccc2n[se]nc2c1. The summed E-state index contributed by atoms with van der Waals surface area (Å²) in [7, 11) is 0. The summed E-state index contributed by atoms with van der Waals surface area (Å²) in [6, 6.07) is 6.18. The Morgan fingerprint density at radius 3 is 2.90 bits per heavy atom. The Morgan fingerprint density at radius 2 is 2.00 bits per heavy atom. The molecule has 2 rings (SSSR count). The van der Waals surface area contributed by atoms with Crippen LogP contribution in [-0.4, -0.2) is 22.9 Å². The van der Waals surface area contributed by atoms with Gasteiger partial charge in [0.05, 0.1) is 0 Å². The predicted octanol–water partition coefficient (Wildman–Crippen LogP) is 0.995. The molecule has 0 aliphatic heterocycles. The van der Waals surface area contributed by atoms with Gasteiger partial charge in [0, 0.05) is 0 Å². The molecule has 0 spiro atoms. The zero-order valence-electron chi connectivity index (χ0n) is 5.53. The number of aryl methyl sites for hydroxylation is 1. The topological polar surface area (TPSA) is 25.8 Å². The fourth-order valence-electron chi connectivity index (χ4n) is 0.892. The summed E-state index contributed by atoms with van der Waals surface area (Å²) in [5, 5.41) is 0. The van der Waals surface area contributed by atoms with E-state index < -0.39 is 0 Å². The molecule has 10 heavy (non-hydrogen) atoms. The molecule has 1 aromatic carbocycles. The predicted molar refractivity (Wildman–Crippen MR) is 41.2 cm³/mol. The molecule has 0 saturated heterocycles. The summed E-state index contributed by atoms with van der Waals surface area (Å²) in [4.78, 5) is 0. The molecule has 1 aromatic heterocycles. The molecule has 3 heteroatoms. The van der Waals surface area contributed by atoms with E-state index in [1.54, 1.807) is 0 Å². The molecule has 0 fully saturated rings. The van der Waals surface area contributed by atoms with E-state index in [2.05, 4.69) is 27.0 Å². The van der Waals surface area contributed by atoms with Crippen LogP contribution in [0.4, 0.5) is 0 Å². The fraction of sp³-hybridized carbons (Fsp3) is 0.143. The van der Waals surface area contributed by atoms with Gasteiger partial charge in [0.2, 0.25) is 0 Å². The normalized spacial score (nSPS) is 10.5. The Kier molecular flexibility index (Phi) is 1.33. The van der Waals surface area contributed by atoms with Crippen molar-refractivity contribution in [2.75, 3.05) is 0 Å². The van der Waals surface area contributed by atoms with Crippen LogP contribution >= 0.6 is 0 Å². The molecule has 2 aromatic rings. The van der Waals surface area contributed by atoms with E-state index in [9.17, 15) is 0 Å². The van der Waals surface area contributed by atoms with Gasteiger partial charge >= 0.3 is 64.6 Å². The van der Waals surface area contributed by atoms with Crippen molar-refractivity contribution in [3.8, 4) is 0 Å². The minimum atomic E-state index is 0.121. The van der Waals surface area contributed by atoms with Crippen LogP contribution in [0.1, 0.15) is 5.56 Å². The number of hydrogen-bond acceptors (Lipinski definition) is 2. The molecule has 2 nitrogen and oxygen atoms in total. The van der Waals surface area contributed by atoms with Gasteiger partial charge in [-0.2, -0.15) is 0 Å². The van der Waals surface area contributed by atoms with Gasteiger partial charge in [0.25, 0.3) is 0 Å². The molecule has 0 saturated carbocycles. The number of rotatable bonds is 0. The summed E-state index contributed by atoms with van der Waals surface area (Å²) in [6.45, 7) is 2.07. The van der Waals surface area contributed by atoms with Gasteiger partial charge in [-0.1, -0.05) is 0 Å². The Labute approximate surface area is 65.1 Å².